The van der Waals surface area contributed by atoms with Crippen molar-refractivity contribution in [2.24, 2.45) is 5.84 Å². The third kappa shape index (κ3) is 2.20. The second-order valence-corrected chi connectivity index (χ2v) is 3.76. The number of aromatic nitrogens is 3. The molecular weight excluding hydrogens is 202 g/mol. The Morgan fingerprint density at radius 2 is 2.19 bits per heavy atom. The first kappa shape index (κ1) is 10.6. The molecule has 0 saturated carbocycles. The minimum absolute atomic E-state index is 0.662. The van der Waals surface area contributed by atoms with Crippen molar-refractivity contribution in [1.29, 1.82) is 0 Å². The van der Waals surface area contributed by atoms with Crippen LogP contribution in [0.2, 0.25) is 0 Å². The second-order valence-electron chi connectivity index (χ2n) is 3.76. The predicted octanol–water partition coefficient (Wildman–Crippen LogP) is 1.23. The Morgan fingerprint density at radius 3 is 2.81 bits per heavy atom. The lowest BCUT2D eigenvalue weighted by Crippen LogP contribution is -2.09. The molecule has 0 radical (unpaired) electrons. The number of nitrogens with two attached hydrogens (primary N) is 1. The Balaban J connectivity index is 2.23. The number of anilines is 1. The van der Waals surface area contributed by atoms with Gasteiger partial charge >= 0.3 is 0 Å². The van der Waals surface area contributed by atoms with Crippen molar-refractivity contribution >= 4 is 5.69 Å². The second kappa shape index (κ2) is 4.32. The van der Waals surface area contributed by atoms with Crippen LogP contribution >= 0.6 is 0 Å². The summed E-state index contributed by atoms with van der Waals surface area (Å²) in [5, 5.41) is 4.39. The van der Waals surface area contributed by atoms with E-state index in [4.69, 9.17) is 5.84 Å². The van der Waals surface area contributed by atoms with Crippen LogP contribution in [0.5, 0.6) is 0 Å². The molecule has 0 saturated heterocycles. The van der Waals surface area contributed by atoms with Gasteiger partial charge in [-0.3, -0.25) is 15.5 Å². The van der Waals surface area contributed by atoms with E-state index < -0.39 is 0 Å². The zero-order valence-electron chi connectivity index (χ0n) is 9.44. The SMILES string of the molecule is Cc1cc(C)n(Cc2cc(NN)ccn2)n1. The van der Waals surface area contributed by atoms with Gasteiger partial charge in [-0.1, -0.05) is 0 Å². The first-order valence-electron chi connectivity index (χ1n) is 5.11. The Labute approximate surface area is 94.3 Å². The van der Waals surface area contributed by atoms with Gasteiger partial charge in [0.25, 0.3) is 0 Å². The van der Waals surface area contributed by atoms with Crippen LogP contribution in [-0.2, 0) is 6.54 Å². The number of hydrogen-bond acceptors (Lipinski definition) is 4. The number of nitrogens with one attached hydrogen (secondary N) is 1. The highest BCUT2D eigenvalue weighted by Crippen LogP contribution is 2.09. The van der Waals surface area contributed by atoms with E-state index in [-0.39, 0.29) is 0 Å². The third-order valence-corrected chi connectivity index (χ3v) is 2.40. The summed E-state index contributed by atoms with van der Waals surface area (Å²) in [6.45, 7) is 4.68. The van der Waals surface area contributed by atoms with Gasteiger partial charge in [-0.05, 0) is 32.0 Å². The summed E-state index contributed by atoms with van der Waals surface area (Å²) in [6, 6.07) is 5.78. The van der Waals surface area contributed by atoms with Crippen LogP contribution in [0.4, 0.5) is 5.69 Å². The van der Waals surface area contributed by atoms with Crippen LogP contribution in [0.15, 0.2) is 24.4 Å². The zero-order valence-corrected chi connectivity index (χ0v) is 9.44. The van der Waals surface area contributed by atoms with Crippen LogP contribution in [-0.4, -0.2) is 14.8 Å². The number of rotatable bonds is 3. The van der Waals surface area contributed by atoms with Crippen molar-refractivity contribution in [2.75, 3.05) is 5.43 Å². The van der Waals surface area contributed by atoms with E-state index in [1.54, 1.807) is 6.20 Å². The van der Waals surface area contributed by atoms with E-state index in [9.17, 15) is 0 Å². The number of hydrogen-bond donors (Lipinski definition) is 2. The summed E-state index contributed by atoms with van der Waals surface area (Å²) in [5.41, 5.74) is 6.54. The first-order chi connectivity index (χ1) is 7.69. The number of nitrogen functional groups attached to an aromatic ring is 1. The summed E-state index contributed by atoms with van der Waals surface area (Å²) >= 11 is 0. The van der Waals surface area contributed by atoms with E-state index in [1.165, 1.54) is 0 Å². The minimum atomic E-state index is 0.662. The summed E-state index contributed by atoms with van der Waals surface area (Å²) < 4.78 is 1.93. The molecule has 0 aromatic carbocycles. The van der Waals surface area contributed by atoms with Crippen LogP contribution in [0.1, 0.15) is 17.1 Å². The minimum Gasteiger partial charge on any atom is -0.324 e. The van der Waals surface area contributed by atoms with Crippen molar-refractivity contribution < 1.29 is 0 Å². The number of hydrazine groups is 1. The topological polar surface area (TPSA) is 68.8 Å². The first-order valence-corrected chi connectivity index (χ1v) is 5.11. The molecule has 0 aliphatic rings. The molecule has 0 fully saturated rings. The standard InChI is InChI=1S/C11H15N5/c1-8-5-9(2)16(15-8)7-11-6-10(14-12)3-4-13-11/h3-6H,7,12H2,1-2H3,(H,13,14). The van der Waals surface area contributed by atoms with E-state index in [0.29, 0.717) is 6.54 Å². The van der Waals surface area contributed by atoms with Crippen molar-refractivity contribution in [1.82, 2.24) is 14.8 Å². The lowest BCUT2D eigenvalue weighted by molar-refractivity contribution is 0.647. The molecule has 0 bridgehead atoms. The maximum Gasteiger partial charge on any atom is 0.0835 e. The average Bonchev–Trinajstić information content (AvgIpc) is 2.58. The fourth-order valence-electron chi connectivity index (χ4n) is 1.64. The fourth-order valence-corrected chi connectivity index (χ4v) is 1.64. The summed E-state index contributed by atoms with van der Waals surface area (Å²) in [4.78, 5) is 4.28. The van der Waals surface area contributed by atoms with Gasteiger partial charge < -0.3 is 5.43 Å². The highest BCUT2D eigenvalue weighted by molar-refractivity contribution is 5.41. The molecule has 5 heteroatoms. The van der Waals surface area contributed by atoms with E-state index in [1.807, 2.05) is 36.7 Å². The molecule has 2 rings (SSSR count). The van der Waals surface area contributed by atoms with Crippen molar-refractivity contribution in [3.63, 3.8) is 0 Å². The third-order valence-electron chi connectivity index (χ3n) is 2.40. The Bertz CT molecular complexity index is 489. The molecular formula is C11H15N5. The highest BCUT2D eigenvalue weighted by atomic mass is 15.3. The van der Waals surface area contributed by atoms with Gasteiger partial charge in [-0.15, -0.1) is 0 Å². The average molecular weight is 217 g/mol. The largest absolute Gasteiger partial charge is 0.324 e. The molecule has 0 amide bonds. The lowest BCUT2D eigenvalue weighted by Gasteiger charge is -2.05. The monoisotopic (exact) mass is 217 g/mol. The van der Waals surface area contributed by atoms with Gasteiger partial charge in [0.15, 0.2) is 0 Å². The molecule has 5 nitrogen and oxygen atoms in total. The van der Waals surface area contributed by atoms with Crippen LogP contribution in [0, 0.1) is 13.8 Å². The highest BCUT2D eigenvalue weighted by Gasteiger charge is 2.03. The normalized spacial score (nSPS) is 10.4. The molecule has 2 aromatic rings. The molecule has 0 aliphatic heterocycles. The van der Waals surface area contributed by atoms with Gasteiger partial charge in [-0.2, -0.15) is 5.10 Å². The van der Waals surface area contributed by atoms with E-state index >= 15 is 0 Å². The molecule has 0 unspecified atom stereocenters. The van der Waals surface area contributed by atoms with Gasteiger partial charge in [0, 0.05) is 11.9 Å². The molecule has 0 atom stereocenters. The van der Waals surface area contributed by atoms with E-state index in [2.05, 4.69) is 15.5 Å². The molecule has 84 valence electrons. The van der Waals surface area contributed by atoms with Crippen molar-refractivity contribution in [3.8, 4) is 0 Å². The molecule has 0 spiro atoms. The zero-order chi connectivity index (χ0) is 11.5. The smallest absolute Gasteiger partial charge is 0.0835 e. The fraction of sp³-hybridized carbons (Fsp3) is 0.273. The maximum atomic E-state index is 5.35. The summed E-state index contributed by atoms with van der Waals surface area (Å²) in [5.74, 6) is 5.35. The van der Waals surface area contributed by atoms with Crippen molar-refractivity contribution in [2.45, 2.75) is 20.4 Å². The Morgan fingerprint density at radius 1 is 1.38 bits per heavy atom. The van der Waals surface area contributed by atoms with Crippen LogP contribution in [0.3, 0.4) is 0 Å². The predicted molar refractivity (Wildman–Crippen MR) is 62.9 cm³/mol. The summed E-state index contributed by atoms with van der Waals surface area (Å²) in [6.07, 6.45) is 1.73. The van der Waals surface area contributed by atoms with Gasteiger partial charge in [0.2, 0.25) is 0 Å². The Hall–Kier alpha value is -1.88. The molecule has 3 N–H and O–H groups in total. The van der Waals surface area contributed by atoms with Crippen LogP contribution in [0.25, 0.3) is 0 Å². The van der Waals surface area contributed by atoms with Crippen LogP contribution < -0.4 is 11.3 Å². The number of nitrogens with zero attached hydrogens (tertiary/aromatic N) is 3. The number of pyridine rings is 1. The van der Waals surface area contributed by atoms with Gasteiger partial charge in [0.05, 0.1) is 23.6 Å². The van der Waals surface area contributed by atoms with E-state index in [0.717, 1.165) is 22.8 Å². The van der Waals surface area contributed by atoms with Gasteiger partial charge in [-0.25, -0.2) is 0 Å². The maximum absolute atomic E-state index is 5.35. The lowest BCUT2D eigenvalue weighted by atomic mass is 10.3. The Kier molecular flexibility index (Phi) is 2.87. The molecule has 0 aliphatic carbocycles. The molecule has 16 heavy (non-hydrogen) atoms. The quantitative estimate of drug-likeness (QED) is 0.599. The van der Waals surface area contributed by atoms with Gasteiger partial charge in [0.1, 0.15) is 0 Å². The molecule has 2 aromatic heterocycles. The molecule has 2 heterocycles. The summed E-state index contributed by atoms with van der Waals surface area (Å²) in [7, 11) is 0. The number of aryl methyl sites for hydroxylation is 2. The van der Waals surface area contributed by atoms with Crippen molar-refractivity contribution in [3.05, 3.63) is 41.5 Å².